The van der Waals surface area contributed by atoms with Gasteiger partial charge in [0.25, 0.3) is 0 Å². The van der Waals surface area contributed by atoms with E-state index in [0.717, 1.165) is 16.9 Å². The number of ether oxygens (including phenoxy) is 1. The average molecular weight is 223 g/mol. The number of rotatable bonds is 4. The average Bonchev–Trinajstić information content (AvgIpc) is 2.25. The molecule has 16 heavy (non-hydrogen) atoms. The van der Waals surface area contributed by atoms with Gasteiger partial charge in [-0.05, 0) is 50.6 Å². The van der Waals surface area contributed by atoms with Crippen molar-refractivity contribution in [3.8, 4) is 5.75 Å². The van der Waals surface area contributed by atoms with E-state index in [1.807, 2.05) is 26.1 Å². The van der Waals surface area contributed by atoms with Gasteiger partial charge in [-0.2, -0.15) is 0 Å². The maximum Gasteiger partial charge on any atom is 0.122 e. The number of likely N-dealkylation sites (N-methyl/N-ethyl adjacent to an activating group) is 1. The number of methoxy groups -OCH3 is 1. The molecule has 0 saturated heterocycles. The van der Waals surface area contributed by atoms with E-state index in [4.69, 9.17) is 4.74 Å². The van der Waals surface area contributed by atoms with Gasteiger partial charge in [-0.25, -0.2) is 0 Å². The number of hydrogen-bond donors (Lipinski definition) is 2. The van der Waals surface area contributed by atoms with Crippen molar-refractivity contribution in [2.45, 2.75) is 32.9 Å². The van der Waals surface area contributed by atoms with Gasteiger partial charge in [0, 0.05) is 0 Å². The normalized spacial score (nSPS) is 14.6. The predicted molar refractivity (Wildman–Crippen MR) is 65.9 cm³/mol. The summed E-state index contributed by atoms with van der Waals surface area (Å²) >= 11 is 0. The molecule has 3 heteroatoms. The monoisotopic (exact) mass is 223 g/mol. The van der Waals surface area contributed by atoms with Crippen LogP contribution < -0.4 is 10.1 Å². The summed E-state index contributed by atoms with van der Waals surface area (Å²) in [6.07, 6.45) is -0.420. The fourth-order valence-electron chi connectivity index (χ4n) is 2.03. The molecule has 2 unspecified atom stereocenters. The molecule has 0 aliphatic rings. The first-order chi connectivity index (χ1) is 7.52. The number of aliphatic hydroxyl groups excluding tert-OH is 1. The third-order valence-electron chi connectivity index (χ3n) is 3.13. The molecule has 90 valence electrons. The van der Waals surface area contributed by atoms with Crippen molar-refractivity contribution in [2.75, 3.05) is 14.2 Å². The van der Waals surface area contributed by atoms with E-state index in [1.165, 1.54) is 5.56 Å². The lowest BCUT2D eigenvalue weighted by molar-refractivity contribution is 0.149. The van der Waals surface area contributed by atoms with Crippen LogP contribution in [0, 0.1) is 13.8 Å². The van der Waals surface area contributed by atoms with Gasteiger partial charge in [0.05, 0.1) is 19.3 Å². The minimum absolute atomic E-state index is 0.0374. The summed E-state index contributed by atoms with van der Waals surface area (Å²) in [5.41, 5.74) is 3.41. The second kappa shape index (κ2) is 5.32. The summed E-state index contributed by atoms with van der Waals surface area (Å²) in [4.78, 5) is 0. The lowest BCUT2D eigenvalue weighted by Crippen LogP contribution is -2.27. The Bertz CT molecular complexity index is 361. The highest BCUT2D eigenvalue weighted by Crippen LogP contribution is 2.28. The fraction of sp³-hybridized carbons (Fsp3) is 0.538. The Hall–Kier alpha value is -1.06. The van der Waals surface area contributed by atoms with E-state index in [9.17, 15) is 5.11 Å². The summed E-state index contributed by atoms with van der Waals surface area (Å²) in [5, 5.41) is 12.8. The zero-order valence-corrected chi connectivity index (χ0v) is 10.7. The van der Waals surface area contributed by atoms with Crippen molar-refractivity contribution in [3.63, 3.8) is 0 Å². The summed E-state index contributed by atoms with van der Waals surface area (Å²) < 4.78 is 5.27. The van der Waals surface area contributed by atoms with Gasteiger partial charge < -0.3 is 15.2 Å². The van der Waals surface area contributed by atoms with Gasteiger partial charge in [0.1, 0.15) is 5.75 Å². The van der Waals surface area contributed by atoms with Crippen LogP contribution in [0.5, 0.6) is 5.75 Å². The van der Waals surface area contributed by atoms with Gasteiger partial charge in [-0.1, -0.05) is 6.07 Å². The van der Waals surface area contributed by atoms with Crippen LogP contribution in [0.2, 0.25) is 0 Å². The lowest BCUT2D eigenvalue weighted by atomic mass is 9.94. The van der Waals surface area contributed by atoms with Crippen molar-refractivity contribution < 1.29 is 9.84 Å². The highest BCUT2D eigenvalue weighted by atomic mass is 16.5. The third-order valence-corrected chi connectivity index (χ3v) is 3.13. The first-order valence-electron chi connectivity index (χ1n) is 5.52. The second-order valence-corrected chi connectivity index (χ2v) is 4.11. The van der Waals surface area contributed by atoms with Crippen molar-refractivity contribution >= 4 is 0 Å². The molecule has 0 aromatic heterocycles. The van der Waals surface area contributed by atoms with Crippen LogP contribution in [0.3, 0.4) is 0 Å². The zero-order chi connectivity index (χ0) is 12.3. The molecule has 3 nitrogen and oxygen atoms in total. The topological polar surface area (TPSA) is 41.5 Å². The van der Waals surface area contributed by atoms with Gasteiger partial charge >= 0.3 is 0 Å². The second-order valence-electron chi connectivity index (χ2n) is 4.11. The molecule has 0 saturated carbocycles. The minimum Gasteiger partial charge on any atom is -0.496 e. The number of aliphatic hydroxyl groups is 1. The Morgan fingerprint density at radius 3 is 2.31 bits per heavy atom. The predicted octanol–water partition coefficient (Wildman–Crippen LogP) is 1.95. The van der Waals surface area contributed by atoms with Gasteiger partial charge in [0.15, 0.2) is 0 Å². The van der Waals surface area contributed by atoms with Crippen molar-refractivity contribution in [1.29, 1.82) is 0 Å². The Labute approximate surface area is 97.4 Å². The first kappa shape index (κ1) is 13.0. The molecule has 0 bridgehead atoms. The van der Waals surface area contributed by atoms with Crippen molar-refractivity contribution in [3.05, 3.63) is 28.8 Å². The standard InChI is InChI=1S/C13H21NO2/c1-8-9(2)12(16-5)7-6-11(8)13(14-4)10(3)15/h6-7,10,13-15H,1-5H3. The molecule has 0 aliphatic carbocycles. The Kier molecular flexibility index (Phi) is 4.33. The van der Waals surface area contributed by atoms with Crippen LogP contribution in [0.1, 0.15) is 29.7 Å². The van der Waals surface area contributed by atoms with Gasteiger partial charge in [0.2, 0.25) is 0 Å². The van der Waals surface area contributed by atoms with E-state index in [0.29, 0.717) is 0 Å². The van der Waals surface area contributed by atoms with Crippen LogP contribution in [0.4, 0.5) is 0 Å². The smallest absolute Gasteiger partial charge is 0.122 e. The highest BCUT2D eigenvalue weighted by molar-refractivity contribution is 5.45. The number of nitrogens with one attached hydrogen (secondary N) is 1. The van der Waals surface area contributed by atoms with Crippen LogP contribution >= 0.6 is 0 Å². The summed E-state index contributed by atoms with van der Waals surface area (Å²) in [7, 11) is 3.53. The van der Waals surface area contributed by atoms with Crippen LogP contribution in [-0.4, -0.2) is 25.4 Å². The molecule has 0 fully saturated rings. The van der Waals surface area contributed by atoms with E-state index in [2.05, 4.69) is 12.2 Å². The minimum atomic E-state index is -0.420. The Morgan fingerprint density at radius 2 is 1.88 bits per heavy atom. The quantitative estimate of drug-likeness (QED) is 0.820. The third kappa shape index (κ3) is 2.36. The molecule has 2 atom stereocenters. The van der Waals surface area contributed by atoms with Crippen molar-refractivity contribution in [2.24, 2.45) is 0 Å². The summed E-state index contributed by atoms with van der Waals surface area (Å²) in [6, 6.07) is 3.92. The maximum atomic E-state index is 9.71. The van der Waals surface area contributed by atoms with Crippen LogP contribution in [0.25, 0.3) is 0 Å². The molecular formula is C13H21NO2. The van der Waals surface area contributed by atoms with Crippen LogP contribution in [-0.2, 0) is 0 Å². The summed E-state index contributed by atoms with van der Waals surface area (Å²) in [5.74, 6) is 0.890. The van der Waals surface area contributed by atoms with Gasteiger partial charge in [-0.3, -0.25) is 0 Å². The number of benzene rings is 1. The Morgan fingerprint density at radius 1 is 1.25 bits per heavy atom. The maximum absolute atomic E-state index is 9.71. The summed E-state index contributed by atoms with van der Waals surface area (Å²) in [6.45, 7) is 5.88. The van der Waals surface area contributed by atoms with Gasteiger partial charge in [-0.15, -0.1) is 0 Å². The molecule has 0 amide bonds. The highest BCUT2D eigenvalue weighted by Gasteiger charge is 2.18. The molecule has 0 radical (unpaired) electrons. The molecule has 1 aromatic rings. The molecular weight excluding hydrogens is 202 g/mol. The Balaban J connectivity index is 3.20. The molecule has 0 spiro atoms. The lowest BCUT2D eigenvalue weighted by Gasteiger charge is -2.23. The fourth-order valence-corrected chi connectivity index (χ4v) is 2.03. The first-order valence-corrected chi connectivity index (χ1v) is 5.52. The largest absolute Gasteiger partial charge is 0.496 e. The SMILES string of the molecule is CNC(c1ccc(OC)c(C)c1C)C(C)O. The van der Waals surface area contributed by atoms with Crippen LogP contribution in [0.15, 0.2) is 12.1 Å². The molecule has 1 aromatic carbocycles. The molecule has 0 aliphatic heterocycles. The van der Waals surface area contributed by atoms with E-state index < -0.39 is 6.10 Å². The zero-order valence-electron chi connectivity index (χ0n) is 10.7. The van der Waals surface area contributed by atoms with E-state index >= 15 is 0 Å². The molecule has 1 rings (SSSR count). The van der Waals surface area contributed by atoms with Crippen molar-refractivity contribution in [1.82, 2.24) is 5.32 Å². The van der Waals surface area contributed by atoms with E-state index in [-0.39, 0.29) is 6.04 Å². The number of hydrogen-bond acceptors (Lipinski definition) is 3. The molecule has 2 N–H and O–H groups in total. The molecule has 0 heterocycles. The van der Waals surface area contributed by atoms with E-state index in [1.54, 1.807) is 14.0 Å².